The third kappa shape index (κ3) is 4.43. The van der Waals surface area contributed by atoms with Gasteiger partial charge >= 0.3 is 0 Å². The summed E-state index contributed by atoms with van der Waals surface area (Å²) in [5.41, 5.74) is 40.2. The molecule has 454 valence electrons. The van der Waals surface area contributed by atoms with Crippen LogP contribution in [0.25, 0.3) is 109 Å². The second-order valence-corrected chi connectivity index (χ2v) is 31.3. The minimum Gasteiger partial charge on any atom is -0.305 e. The number of benzene rings is 12. The molecule has 0 saturated heterocycles. The molecule has 100 heavy (non-hydrogen) atoms. The predicted molar refractivity (Wildman–Crippen MR) is 395 cm³/mol. The average molecular weight is 1260 g/mol. The molecular formula is C94H48N6. The van der Waals surface area contributed by atoms with Crippen LogP contribution in [0, 0.1) is 0 Å². The lowest BCUT2D eigenvalue weighted by Gasteiger charge is -2.58. The first-order valence-corrected chi connectivity index (χ1v) is 36.0. The van der Waals surface area contributed by atoms with Crippen LogP contribution < -0.4 is 0 Å². The van der Waals surface area contributed by atoms with Gasteiger partial charge in [0.05, 0.1) is 92.5 Å². The number of hydrogen-bond donors (Lipinski definition) is 0. The van der Waals surface area contributed by atoms with Crippen LogP contribution in [-0.2, 0) is 10.8 Å². The molecule has 12 aliphatic rings. The highest BCUT2D eigenvalue weighted by Crippen LogP contribution is 2.80. The quantitative estimate of drug-likeness (QED) is 0.142. The second kappa shape index (κ2) is 15.1. The summed E-state index contributed by atoms with van der Waals surface area (Å²) in [6, 6.07) is 85.1. The summed E-state index contributed by atoms with van der Waals surface area (Å²) in [6.07, 6.45) is 9.15. The van der Waals surface area contributed by atoms with Crippen molar-refractivity contribution in [3.05, 3.63) is 377 Å². The Hall–Kier alpha value is -12.1. The maximum Gasteiger partial charge on any atom is 0.0729 e. The maximum atomic E-state index is 5.87. The molecule has 12 aliphatic carbocycles. The van der Waals surface area contributed by atoms with Gasteiger partial charge in [-0.25, -0.2) is 0 Å². The Kier molecular flexibility index (Phi) is 7.34. The van der Waals surface area contributed by atoms with E-state index in [1.165, 1.54) is 232 Å². The first-order chi connectivity index (χ1) is 49.7. The van der Waals surface area contributed by atoms with E-state index in [2.05, 4.69) is 252 Å². The molecule has 32 rings (SSSR count). The molecule has 8 aromatic heterocycles. The molecule has 0 fully saturated rings. The van der Waals surface area contributed by atoms with E-state index in [0.717, 1.165) is 11.0 Å². The van der Waals surface area contributed by atoms with Gasteiger partial charge in [0.1, 0.15) is 0 Å². The lowest BCUT2D eigenvalue weighted by atomic mass is 9.43. The standard InChI is InChI=1S/C94H48N6/c1-5-21-45-41(17-1)65-42-18-2-6-22-46(42)69(45)87-79(65)75-61(37-95-87)99-62-38-96-88-70-47-23-7-3-19-43(47)66(44-20-4-8-24-48(44)70)80(88)76(62)72-54-34-36-56-68-55(35-33-53(67(54)68)71(75)91(72)99)73-77-63(39-97-89-81(77)83-49-25-9-13-29-57(49)93(83)59-31-15-11-27-51(59)85(89)93)100-64-40-98-90-82(78(64)74(56)92(73)100)84-50-26-10-14-30-58(50)94(84)60-32-16-12-28-52(60)86(90)94/h1-40,65-66,69-70,83-86H. The van der Waals surface area contributed by atoms with Crippen LogP contribution >= 0.6 is 0 Å². The van der Waals surface area contributed by atoms with Gasteiger partial charge in [-0.3, -0.25) is 19.9 Å². The Morgan fingerprint density at radius 3 is 0.780 bits per heavy atom. The van der Waals surface area contributed by atoms with Gasteiger partial charge in [0.2, 0.25) is 0 Å². The molecule has 6 unspecified atom stereocenters. The van der Waals surface area contributed by atoms with E-state index in [1.807, 2.05) is 0 Å². The largest absolute Gasteiger partial charge is 0.305 e. The highest BCUT2D eigenvalue weighted by molar-refractivity contribution is 6.48. The van der Waals surface area contributed by atoms with E-state index < -0.39 is 0 Å². The van der Waals surface area contributed by atoms with Crippen molar-refractivity contribution in [1.82, 2.24) is 28.7 Å². The fourth-order valence-electron chi connectivity index (χ4n) is 25.8. The monoisotopic (exact) mass is 1260 g/mol. The summed E-state index contributed by atoms with van der Waals surface area (Å²) >= 11 is 0. The zero-order valence-electron chi connectivity index (χ0n) is 53.4. The first-order valence-electron chi connectivity index (χ1n) is 36.0. The number of hydrogen-bond acceptors (Lipinski definition) is 4. The third-order valence-electron chi connectivity index (χ3n) is 28.5. The number of nitrogens with zero attached hydrogens (tertiary/aromatic N) is 6. The molecule has 0 saturated carbocycles. The van der Waals surface area contributed by atoms with Crippen LogP contribution in [-0.4, -0.2) is 28.7 Å². The van der Waals surface area contributed by atoms with Crippen LogP contribution in [0.4, 0.5) is 0 Å². The topological polar surface area (TPSA) is 60.4 Å². The third-order valence-corrected chi connectivity index (χ3v) is 28.5. The van der Waals surface area contributed by atoms with Crippen molar-refractivity contribution in [3.63, 3.8) is 0 Å². The van der Waals surface area contributed by atoms with Crippen LogP contribution in [0.2, 0.25) is 0 Å². The van der Waals surface area contributed by atoms with Gasteiger partial charge in [-0.05, 0) is 144 Å². The molecule has 6 atom stereocenters. The van der Waals surface area contributed by atoms with E-state index in [-0.39, 0.29) is 58.2 Å². The second-order valence-electron chi connectivity index (χ2n) is 31.3. The molecule has 0 amide bonds. The molecule has 12 aromatic carbocycles. The molecule has 2 spiro atoms. The normalized spacial score (nSPS) is 24.3. The molecule has 4 bridgehead atoms. The van der Waals surface area contributed by atoms with Crippen LogP contribution in [0.1, 0.15) is 181 Å². The molecule has 8 heterocycles. The van der Waals surface area contributed by atoms with Gasteiger partial charge in [-0.1, -0.05) is 218 Å². The van der Waals surface area contributed by atoms with Crippen LogP contribution in [0.5, 0.6) is 0 Å². The van der Waals surface area contributed by atoms with Crippen molar-refractivity contribution in [1.29, 1.82) is 0 Å². The summed E-state index contributed by atoms with van der Waals surface area (Å²) < 4.78 is 5.32. The average Bonchev–Trinajstić information content (AvgIpc) is 1.44. The summed E-state index contributed by atoms with van der Waals surface area (Å²) in [5.74, 6) is 0.715. The fourth-order valence-corrected chi connectivity index (χ4v) is 25.8. The lowest BCUT2D eigenvalue weighted by molar-refractivity contribution is 0.331. The van der Waals surface area contributed by atoms with Gasteiger partial charge in [0, 0.05) is 89.4 Å². The number of rotatable bonds is 0. The molecule has 6 nitrogen and oxygen atoms in total. The highest BCUT2D eigenvalue weighted by atomic mass is 15.0. The predicted octanol–water partition coefficient (Wildman–Crippen LogP) is 20.2. The minimum absolute atomic E-state index is 0.00559. The van der Waals surface area contributed by atoms with Gasteiger partial charge in [0.25, 0.3) is 0 Å². The first kappa shape index (κ1) is 48.6. The number of fused-ring (bicyclic) bond motifs is 32. The SMILES string of the molecule is c1ccc2c(c1)C1c3ccccc3C2c2c1ncc1c2c2c3ccc4c5c(ccc(c35)c3c5c6c(ncc5n1c23)C1c2ccccc2C6c2ccccc21)c1c2c3c(ncc2n2c5cnc6c(c5c4c12)C1c2ccccc2C12c1ccccc1C62)C1c2ccccc2C12c1ccccc1C32. The molecule has 20 aromatic rings. The summed E-state index contributed by atoms with van der Waals surface area (Å²) in [5, 5.41) is 18.7. The van der Waals surface area contributed by atoms with Crippen molar-refractivity contribution in [2.75, 3.05) is 0 Å². The van der Waals surface area contributed by atoms with Crippen molar-refractivity contribution in [3.8, 4) is 0 Å². The Labute approximate surface area is 569 Å². The zero-order chi connectivity index (χ0) is 63.3. The van der Waals surface area contributed by atoms with E-state index in [4.69, 9.17) is 19.9 Å². The number of aromatic nitrogens is 6. The van der Waals surface area contributed by atoms with Crippen LogP contribution in [0.15, 0.2) is 243 Å². The van der Waals surface area contributed by atoms with Crippen molar-refractivity contribution in [2.24, 2.45) is 0 Å². The number of pyridine rings is 4. The summed E-state index contributed by atoms with van der Waals surface area (Å²) in [4.78, 5) is 23.4. The smallest absolute Gasteiger partial charge is 0.0729 e. The Bertz CT molecular complexity index is 7040. The Morgan fingerprint density at radius 1 is 0.220 bits per heavy atom. The van der Waals surface area contributed by atoms with Gasteiger partial charge in [-0.15, -0.1) is 0 Å². The molecule has 6 heteroatoms. The van der Waals surface area contributed by atoms with E-state index in [0.29, 0.717) is 0 Å². The lowest BCUT2D eigenvalue weighted by Crippen LogP contribution is -2.52. The van der Waals surface area contributed by atoms with E-state index in [9.17, 15) is 0 Å². The molecule has 0 radical (unpaired) electrons. The zero-order valence-corrected chi connectivity index (χ0v) is 53.4. The van der Waals surface area contributed by atoms with E-state index in [1.54, 1.807) is 0 Å². The molecular weight excluding hydrogens is 1210 g/mol. The summed E-state index contributed by atoms with van der Waals surface area (Å²) in [7, 11) is 0. The minimum atomic E-state index is -0.164. The van der Waals surface area contributed by atoms with Crippen molar-refractivity contribution in [2.45, 2.75) is 58.2 Å². The van der Waals surface area contributed by atoms with Gasteiger partial charge < -0.3 is 8.80 Å². The maximum absolute atomic E-state index is 5.87. The molecule has 0 N–H and O–H groups in total. The Morgan fingerprint density at radius 2 is 0.470 bits per heavy atom. The van der Waals surface area contributed by atoms with Gasteiger partial charge in [-0.2, -0.15) is 0 Å². The molecule has 0 aliphatic heterocycles. The fraction of sp³-hybridized carbons (Fsp3) is 0.106. The summed E-state index contributed by atoms with van der Waals surface area (Å²) in [6.45, 7) is 0. The van der Waals surface area contributed by atoms with Gasteiger partial charge in [0.15, 0.2) is 0 Å². The Balaban J connectivity index is 0.830. The van der Waals surface area contributed by atoms with Crippen LogP contribution in [0.3, 0.4) is 0 Å². The van der Waals surface area contributed by atoms with Crippen molar-refractivity contribution >= 4 is 109 Å². The van der Waals surface area contributed by atoms with E-state index >= 15 is 0 Å². The van der Waals surface area contributed by atoms with Crippen molar-refractivity contribution < 1.29 is 0 Å². The highest BCUT2D eigenvalue weighted by Gasteiger charge is 2.72.